The van der Waals surface area contributed by atoms with Crippen LogP contribution in [0.15, 0.2) is 10.7 Å². The molecule has 2 heterocycles. The Balaban J connectivity index is 2.40. The van der Waals surface area contributed by atoms with E-state index in [1.54, 1.807) is 6.20 Å². The molecule has 1 N–H and O–H groups in total. The number of halogens is 1. The van der Waals surface area contributed by atoms with Crippen LogP contribution in [0.1, 0.15) is 58.3 Å². The number of nitrogens with zero attached hydrogens (tertiary/aromatic N) is 3. The smallest absolute Gasteiger partial charge is 0.115 e. The van der Waals surface area contributed by atoms with Gasteiger partial charge in [0, 0.05) is 6.54 Å². The quantitative estimate of drug-likeness (QED) is 0.860. The van der Waals surface area contributed by atoms with Gasteiger partial charge >= 0.3 is 0 Å². The monoisotopic (exact) mass is 343 g/mol. The molecule has 4 nitrogen and oxygen atoms in total. The first-order chi connectivity index (χ1) is 9.60. The maximum Gasteiger partial charge on any atom is 0.115 e. The molecule has 0 radical (unpaired) electrons. The van der Waals surface area contributed by atoms with Gasteiger partial charge in [0.05, 0.1) is 21.9 Å². The predicted molar refractivity (Wildman–Crippen MR) is 84.7 cm³/mol. The van der Waals surface area contributed by atoms with Crippen molar-refractivity contribution in [3.8, 4) is 0 Å². The van der Waals surface area contributed by atoms with Gasteiger partial charge in [0.2, 0.25) is 0 Å². The Morgan fingerprint density at radius 1 is 1.30 bits per heavy atom. The van der Waals surface area contributed by atoms with Gasteiger partial charge in [0.15, 0.2) is 0 Å². The van der Waals surface area contributed by atoms with Gasteiger partial charge in [-0.05, 0) is 61.6 Å². The van der Waals surface area contributed by atoms with Crippen molar-refractivity contribution in [3.63, 3.8) is 0 Å². The Bertz CT molecular complexity index is 436. The summed E-state index contributed by atoms with van der Waals surface area (Å²) in [7, 11) is 0. The van der Waals surface area contributed by atoms with E-state index < -0.39 is 6.10 Å². The van der Waals surface area contributed by atoms with Crippen LogP contribution >= 0.6 is 15.9 Å². The van der Waals surface area contributed by atoms with Gasteiger partial charge in [0.25, 0.3) is 0 Å². The highest BCUT2D eigenvalue weighted by Gasteiger charge is 2.44. The molecule has 0 bridgehead atoms. The van der Waals surface area contributed by atoms with E-state index >= 15 is 0 Å². The summed E-state index contributed by atoms with van der Waals surface area (Å²) in [6.07, 6.45) is 5.67. The number of likely N-dealkylation sites (tertiary alicyclic amines) is 1. The third-order valence-electron chi connectivity index (χ3n) is 4.86. The highest BCUT2D eigenvalue weighted by molar-refractivity contribution is 9.10. The molecule has 0 saturated carbocycles. The van der Waals surface area contributed by atoms with Crippen molar-refractivity contribution < 1.29 is 5.11 Å². The summed E-state index contributed by atoms with van der Waals surface area (Å²) in [5.41, 5.74) is 0.745. The number of hydrogen-bond acceptors (Lipinski definition) is 3. The molecule has 0 aliphatic carbocycles. The van der Waals surface area contributed by atoms with Crippen molar-refractivity contribution in [2.75, 3.05) is 13.1 Å². The van der Waals surface area contributed by atoms with Gasteiger partial charge in [-0.2, -0.15) is 5.10 Å². The number of aliphatic hydroxyl groups excluding tert-OH is 1. The minimum Gasteiger partial charge on any atom is -0.385 e. The zero-order valence-corrected chi connectivity index (χ0v) is 14.4. The molecule has 1 aromatic heterocycles. The molecule has 1 unspecified atom stereocenters. The molecule has 20 heavy (non-hydrogen) atoms. The van der Waals surface area contributed by atoms with Gasteiger partial charge in [-0.15, -0.1) is 0 Å². The second-order valence-corrected chi connectivity index (χ2v) is 6.46. The fraction of sp³-hybridized carbons (Fsp3) is 0.800. The maximum atomic E-state index is 11.1. The van der Waals surface area contributed by atoms with Crippen LogP contribution in [-0.2, 0) is 6.54 Å². The molecule has 1 atom stereocenters. The van der Waals surface area contributed by atoms with E-state index in [-0.39, 0.29) is 5.54 Å². The van der Waals surface area contributed by atoms with Crippen molar-refractivity contribution >= 4 is 15.9 Å². The summed E-state index contributed by atoms with van der Waals surface area (Å²) in [5, 5.41) is 15.5. The molecule has 5 heteroatoms. The second-order valence-electron chi connectivity index (χ2n) is 5.60. The number of aryl methyl sites for hydroxylation is 1. The molecule has 1 aromatic rings. The third kappa shape index (κ3) is 2.55. The average Bonchev–Trinajstić information content (AvgIpc) is 3.10. The first-order valence-corrected chi connectivity index (χ1v) is 8.54. The molecule has 2 rings (SSSR count). The van der Waals surface area contributed by atoms with E-state index in [4.69, 9.17) is 0 Å². The molecule has 1 aliphatic heterocycles. The van der Waals surface area contributed by atoms with Crippen LogP contribution in [-0.4, -0.2) is 38.4 Å². The van der Waals surface area contributed by atoms with Gasteiger partial charge in [-0.3, -0.25) is 9.58 Å². The van der Waals surface area contributed by atoms with Gasteiger partial charge < -0.3 is 5.11 Å². The summed E-state index contributed by atoms with van der Waals surface area (Å²) >= 11 is 3.56. The molecular weight excluding hydrogens is 318 g/mol. The molecule has 0 amide bonds. The fourth-order valence-corrected chi connectivity index (χ4v) is 4.08. The van der Waals surface area contributed by atoms with Crippen LogP contribution in [0.3, 0.4) is 0 Å². The van der Waals surface area contributed by atoms with E-state index in [0.29, 0.717) is 0 Å². The SMILES string of the molecule is CCn1ncc(Br)c1C(O)C(CC)(CC)N1CCCC1. The fourth-order valence-electron chi connectivity index (χ4n) is 3.57. The Hall–Kier alpha value is -0.390. The summed E-state index contributed by atoms with van der Waals surface area (Å²) in [6, 6.07) is 0. The molecule has 1 fully saturated rings. The summed E-state index contributed by atoms with van der Waals surface area (Å²) in [4.78, 5) is 2.48. The van der Waals surface area contributed by atoms with Gasteiger partial charge in [-0.25, -0.2) is 0 Å². The number of hydrogen-bond donors (Lipinski definition) is 1. The Morgan fingerprint density at radius 2 is 1.90 bits per heavy atom. The van der Waals surface area contributed by atoms with Crippen LogP contribution in [0, 0.1) is 0 Å². The van der Waals surface area contributed by atoms with Crippen LogP contribution in [0.5, 0.6) is 0 Å². The normalized spacial score (nSPS) is 18.6. The number of aromatic nitrogens is 2. The minimum atomic E-state index is -0.507. The largest absolute Gasteiger partial charge is 0.385 e. The number of aliphatic hydroxyl groups is 1. The lowest BCUT2D eigenvalue weighted by Gasteiger charge is -2.44. The molecular formula is C15H26BrN3O. The summed E-state index contributed by atoms with van der Waals surface area (Å²) < 4.78 is 2.82. The van der Waals surface area contributed by atoms with Crippen LogP contribution in [0.25, 0.3) is 0 Å². The lowest BCUT2D eigenvalue weighted by Crippen LogP contribution is -2.51. The first-order valence-electron chi connectivity index (χ1n) is 7.75. The van der Waals surface area contributed by atoms with Crippen LogP contribution < -0.4 is 0 Å². The van der Waals surface area contributed by atoms with Crippen molar-refractivity contribution in [2.45, 2.75) is 64.6 Å². The third-order valence-corrected chi connectivity index (χ3v) is 5.47. The summed E-state index contributed by atoms with van der Waals surface area (Å²) in [5.74, 6) is 0. The average molecular weight is 344 g/mol. The van der Waals surface area contributed by atoms with Crippen molar-refractivity contribution in [1.29, 1.82) is 0 Å². The van der Waals surface area contributed by atoms with E-state index in [0.717, 1.165) is 42.6 Å². The summed E-state index contributed by atoms with van der Waals surface area (Å²) in [6.45, 7) is 9.40. The molecule has 0 aromatic carbocycles. The van der Waals surface area contributed by atoms with Gasteiger partial charge in [0.1, 0.15) is 6.10 Å². The Morgan fingerprint density at radius 3 is 2.40 bits per heavy atom. The van der Waals surface area contributed by atoms with Crippen molar-refractivity contribution in [3.05, 3.63) is 16.4 Å². The maximum absolute atomic E-state index is 11.1. The van der Waals surface area contributed by atoms with E-state index in [9.17, 15) is 5.11 Å². The van der Waals surface area contributed by atoms with Crippen molar-refractivity contribution in [1.82, 2.24) is 14.7 Å². The molecule has 0 spiro atoms. The van der Waals surface area contributed by atoms with Crippen LogP contribution in [0.2, 0.25) is 0 Å². The topological polar surface area (TPSA) is 41.3 Å². The Labute approximate surface area is 130 Å². The second kappa shape index (κ2) is 6.58. The van der Waals surface area contributed by atoms with E-state index in [2.05, 4.69) is 46.7 Å². The molecule has 1 saturated heterocycles. The first kappa shape index (κ1) is 16.0. The highest BCUT2D eigenvalue weighted by Crippen LogP contribution is 2.41. The van der Waals surface area contributed by atoms with Crippen LogP contribution in [0.4, 0.5) is 0 Å². The standard InChI is InChI=1S/C15H26BrN3O/c1-4-15(5-2,18-9-7-8-10-18)14(20)13-12(16)11-17-19(13)6-3/h11,14,20H,4-10H2,1-3H3. The highest BCUT2D eigenvalue weighted by atomic mass is 79.9. The molecule has 1 aliphatic rings. The van der Waals surface area contributed by atoms with Gasteiger partial charge in [-0.1, -0.05) is 13.8 Å². The van der Waals surface area contributed by atoms with E-state index in [1.807, 2.05) is 4.68 Å². The zero-order chi connectivity index (χ0) is 14.8. The van der Waals surface area contributed by atoms with Crippen molar-refractivity contribution in [2.24, 2.45) is 0 Å². The lowest BCUT2D eigenvalue weighted by molar-refractivity contribution is -0.0342. The zero-order valence-electron chi connectivity index (χ0n) is 12.8. The lowest BCUT2D eigenvalue weighted by atomic mass is 9.83. The predicted octanol–water partition coefficient (Wildman–Crippen LogP) is 3.35. The molecule has 114 valence electrons. The van der Waals surface area contributed by atoms with E-state index in [1.165, 1.54) is 12.8 Å². The number of rotatable bonds is 6. The Kier molecular flexibility index (Phi) is 5.26. The minimum absolute atomic E-state index is 0.175.